The molecule has 0 radical (unpaired) electrons. The summed E-state index contributed by atoms with van der Waals surface area (Å²) in [5, 5.41) is 0. The van der Waals surface area contributed by atoms with Gasteiger partial charge in [-0.1, -0.05) is 53.3 Å². The highest BCUT2D eigenvalue weighted by Gasteiger charge is 2.34. The molecule has 1 aromatic heterocycles. The van der Waals surface area contributed by atoms with E-state index in [-0.39, 0.29) is 18.3 Å². The van der Waals surface area contributed by atoms with E-state index in [2.05, 4.69) is 17.1 Å². The number of benzene rings is 3. The number of carbonyl (C=O) groups is 1. The van der Waals surface area contributed by atoms with Crippen LogP contribution in [0.2, 0.25) is 0 Å². The van der Waals surface area contributed by atoms with Crippen molar-refractivity contribution in [2.75, 3.05) is 20.3 Å². The van der Waals surface area contributed by atoms with E-state index in [9.17, 15) is 9.59 Å². The first-order valence-electron chi connectivity index (χ1n) is 15.6. The Labute approximate surface area is 278 Å². The summed E-state index contributed by atoms with van der Waals surface area (Å²) >= 11 is 1.25. The number of aromatic nitrogens is 1. The van der Waals surface area contributed by atoms with Gasteiger partial charge in [-0.15, -0.1) is 0 Å². The molecule has 0 saturated heterocycles. The van der Waals surface area contributed by atoms with Crippen LogP contribution in [-0.2, 0) is 16.1 Å². The molecule has 0 amide bonds. The van der Waals surface area contributed by atoms with Gasteiger partial charge in [-0.25, -0.2) is 9.79 Å². The fraction of sp³-hybridized carbons (Fsp3) is 0.324. The molecule has 10 heteroatoms. The zero-order valence-electron chi connectivity index (χ0n) is 27.8. The zero-order chi connectivity index (χ0) is 33.7. The van der Waals surface area contributed by atoms with Gasteiger partial charge in [0, 0.05) is 0 Å². The number of allylic oxidation sites excluding steroid dienone is 1. The number of thiazole rings is 1. The van der Waals surface area contributed by atoms with Gasteiger partial charge in [0.15, 0.2) is 27.8 Å². The lowest BCUT2D eigenvalue weighted by atomic mass is 9.95. The number of methoxy groups -OCH3 is 1. The van der Waals surface area contributed by atoms with Crippen molar-refractivity contribution >= 4 is 23.4 Å². The second-order valence-electron chi connectivity index (χ2n) is 11.3. The van der Waals surface area contributed by atoms with Gasteiger partial charge in [-0.3, -0.25) is 9.36 Å². The van der Waals surface area contributed by atoms with Crippen LogP contribution in [0.15, 0.2) is 81.7 Å². The lowest BCUT2D eigenvalue weighted by Crippen LogP contribution is -2.40. The molecule has 9 nitrogen and oxygen atoms in total. The largest absolute Gasteiger partial charge is 0.493 e. The van der Waals surface area contributed by atoms with E-state index in [1.807, 2.05) is 64.1 Å². The van der Waals surface area contributed by atoms with Crippen LogP contribution in [-0.4, -0.2) is 37.0 Å². The number of nitrogens with zero attached hydrogens (tertiary/aromatic N) is 2. The first-order valence-corrected chi connectivity index (χ1v) is 16.4. The van der Waals surface area contributed by atoms with E-state index in [0.29, 0.717) is 62.4 Å². The molecule has 5 rings (SSSR count). The summed E-state index contributed by atoms with van der Waals surface area (Å²) in [5.74, 6) is 1.71. The highest BCUT2D eigenvalue weighted by molar-refractivity contribution is 7.07. The molecule has 0 fully saturated rings. The van der Waals surface area contributed by atoms with Crippen molar-refractivity contribution in [1.29, 1.82) is 0 Å². The molecule has 0 unspecified atom stereocenters. The van der Waals surface area contributed by atoms with E-state index in [4.69, 9.17) is 23.7 Å². The molecule has 246 valence electrons. The van der Waals surface area contributed by atoms with Crippen LogP contribution in [0.1, 0.15) is 62.9 Å². The van der Waals surface area contributed by atoms with Crippen molar-refractivity contribution in [3.8, 4) is 23.0 Å². The van der Waals surface area contributed by atoms with Crippen molar-refractivity contribution in [2.45, 2.75) is 60.3 Å². The average molecular weight is 657 g/mol. The Balaban J connectivity index is 1.57. The topological polar surface area (TPSA) is 97.6 Å². The van der Waals surface area contributed by atoms with Gasteiger partial charge >= 0.3 is 5.97 Å². The lowest BCUT2D eigenvalue weighted by molar-refractivity contribution is -0.139. The summed E-state index contributed by atoms with van der Waals surface area (Å²) in [6, 6.07) is 18.4. The Morgan fingerprint density at radius 3 is 2.36 bits per heavy atom. The summed E-state index contributed by atoms with van der Waals surface area (Å²) in [6.45, 7) is 12.4. The minimum Gasteiger partial charge on any atom is -0.493 e. The van der Waals surface area contributed by atoms with Gasteiger partial charge in [-0.2, -0.15) is 0 Å². The Bertz CT molecular complexity index is 1970. The smallest absolute Gasteiger partial charge is 0.338 e. The van der Waals surface area contributed by atoms with Crippen LogP contribution in [0.4, 0.5) is 0 Å². The highest BCUT2D eigenvalue weighted by atomic mass is 32.1. The molecule has 0 saturated carbocycles. The van der Waals surface area contributed by atoms with Gasteiger partial charge in [-0.05, 0) is 88.6 Å². The van der Waals surface area contributed by atoms with Crippen LogP contribution in [0.5, 0.6) is 23.0 Å². The van der Waals surface area contributed by atoms with Crippen molar-refractivity contribution in [1.82, 2.24) is 4.57 Å². The van der Waals surface area contributed by atoms with Gasteiger partial charge in [0.05, 0.1) is 48.3 Å². The Morgan fingerprint density at radius 1 is 0.936 bits per heavy atom. The summed E-state index contributed by atoms with van der Waals surface area (Å²) < 4.78 is 31.0. The minimum absolute atomic E-state index is 0.0679. The van der Waals surface area contributed by atoms with Gasteiger partial charge in [0.1, 0.15) is 6.61 Å². The Morgan fingerprint density at radius 2 is 1.68 bits per heavy atom. The van der Waals surface area contributed by atoms with E-state index in [0.717, 1.165) is 11.1 Å². The van der Waals surface area contributed by atoms with Gasteiger partial charge in [0.2, 0.25) is 0 Å². The van der Waals surface area contributed by atoms with Gasteiger partial charge in [0.25, 0.3) is 5.56 Å². The molecule has 0 N–H and O–H groups in total. The number of fused-ring (bicyclic) bond motifs is 1. The maximum atomic E-state index is 14.2. The number of esters is 1. The normalized spacial score (nSPS) is 14.5. The first-order chi connectivity index (χ1) is 22.6. The number of rotatable bonds is 12. The van der Waals surface area contributed by atoms with E-state index < -0.39 is 12.0 Å². The van der Waals surface area contributed by atoms with Crippen LogP contribution >= 0.6 is 11.3 Å². The van der Waals surface area contributed by atoms with Crippen LogP contribution in [0, 0.1) is 6.92 Å². The minimum atomic E-state index is -0.786. The molecule has 3 aromatic carbocycles. The predicted molar refractivity (Wildman–Crippen MR) is 182 cm³/mol. The second-order valence-corrected chi connectivity index (χ2v) is 12.3. The molecule has 4 aromatic rings. The Kier molecular flexibility index (Phi) is 10.5. The number of ether oxygens (including phenoxy) is 5. The summed E-state index contributed by atoms with van der Waals surface area (Å²) in [5.41, 5.74) is 4.15. The maximum absolute atomic E-state index is 14.2. The third-order valence-corrected chi connectivity index (χ3v) is 8.45. The summed E-state index contributed by atoms with van der Waals surface area (Å²) in [7, 11) is 1.56. The second kappa shape index (κ2) is 14.7. The molecular formula is C37H40N2O7S. The molecule has 1 aliphatic rings. The van der Waals surface area contributed by atoms with E-state index in [1.165, 1.54) is 16.9 Å². The molecule has 0 aliphatic carbocycles. The monoisotopic (exact) mass is 656 g/mol. The van der Waals surface area contributed by atoms with Crippen LogP contribution in [0.25, 0.3) is 6.08 Å². The molecule has 0 spiro atoms. The fourth-order valence-corrected chi connectivity index (χ4v) is 6.36. The highest BCUT2D eigenvalue weighted by Crippen LogP contribution is 2.36. The van der Waals surface area contributed by atoms with E-state index >= 15 is 0 Å². The standard InChI is InChI=1S/C37H40N2O7S/c1-8-43-31-18-26(14-16-28(31)45-21-25-12-10-23(5)11-13-25)19-32-35(40)39-34(27-15-17-29(46-22(3)4)30(20-27)42-7)33(36(41)44-9-2)24(6)38-37(39)47-32/h10-20,22,34H,8-9,21H2,1-7H3/b32-19-/t34-/m0/s1. The zero-order valence-corrected chi connectivity index (χ0v) is 28.6. The number of aryl methyl sites for hydroxylation is 1. The van der Waals surface area contributed by atoms with Crippen LogP contribution in [0.3, 0.4) is 0 Å². The molecule has 47 heavy (non-hydrogen) atoms. The van der Waals surface area contributed by atoms with E-state index in [1.54, 1.807) is 43.7 Å². The predicted octanol–water partition coefficient (Wildman–Crippen LogP) is 5.88. The van der Waals surface area contributed by atoms with Crippen LogP contribution < -0.4 is 33.8 Å². The van der Waals surface area contributed by atoms with Gasteiger partial charge < -0.3 is 23.7 Å². The van der Waals surface area contributed by atoms with Crippen molar-refractivity contribution in [2.24, 2.45) is 4.99 Å². The van der Waals surface area contributed by atoms with Crippen molar-refractivity contribution in [3.05, 3.63) is 114 Å². The third kappa shape index (κ3) is 7.44. The summed E-state index contributed by atoms with van der Waals surface area (Å²) in [6.07, 6.45) is 1.73. The van der Waals surface area contributed by atoms with Crippen molar-refractivity contribution in [3.63, 3.8) is 0 Å². The van der Waals surface area contributed by atoms with Crippen molar-refractivity contribution < 1.29 is 28.5 Å². The number of carbonyl (C=O) groups excluding carboxylic acids is 1. The molecular weight excluding hydrogens is 616 g/mol. The maximum Gasteiger partial charge on any atom is 0.338 e. The molecule has 0 bridgehead atoms. The fourth-order valence-electron chi connectivity index (χ4n) is 5.31. The quantitative estimate of drug-likeness (QED) is 0.176. The average Bonchev–Trinajstić information content (AvgIpc) is 3.34. The summed E-state index contributed by atoms with van der Waals surface area (Å²) in [4.78, 5) is 32.6. The molecule has 1 atom stereocenters. The number of hydrogen-bond acceptors (Lipinski definition) is 9. The lowest BCUT2D eigenvalue weighted by Gasteiger charge is -2.25. The molecule has 1 aliphatic heterocycles. The third-order valence-electron chi connectivity index (χ3n) is 7.46. The SMILES string of the molecule is CCOC(=O)C1=C(C)N=c2s/c(=C\c3ccc(OCc4ccc(C)cc4)c(OCC)c3)c(=O)n2[C@H]1c1ccc(OC(C)C)c(OC)c1. The first kappa shape index (κ1) is 33.5. The number of hydrogen-bond donors (Lipinski definition) is 0. The molecule has 2 heterocycles. The Hall–Kier alpha value is -4.83.